The van der Waals surface area contributed by atoms with Crippen LogP contribution < -0.4 is 0 Å². The van der Waals surface area contributed by atoms with Crippen molar-refractivity contribution in [1.82, 2.24) is 0 Å². The van der Waals surface area contributed by atoms with Crippen LogP contribution in [0.25, 0.3) is 0 Å². The van der Waals surface area contributed by atoms with Crippen LogP contribution in [-0.2, 0) is 6.18 Å². The summed E-state index contributed by atoms with van der Waals surface area (Å²) in [5.74, 6) is -0.743. The van der Waals surface area contributed by atoms with E-state index in [1.807, 2.05) is 0 Å². The second-order valence-corrected chi connectivity index (χ2v) is 2.94. The van der Waals surface area contributed by atoms with Gasteiger partial charge in [0.25, 0.3) is 0 Å². The van der Waals surface area contributed by atoms with Crippen LogP contribution in [0, 0.1) is 11.3 Å². The van der Waals surface area contributed by atoms with Gasteiger partial charge in [-0.3, -0.25) is 0 Å². The molecule has 0 saturated heterocycles. The second kappa shape index (κ2) is 3.70. The summed E-state index contributed by atoms with van der Waals surface area (Å²) in [7, 11) is 0. The molecule has 0 N–H and O–H groups in total. The third-order valence-electron chi connectivity index (χ3n) is 1.93. The summed E-state index contributed by atoms with van der Waals surface area (Å²) < 4.78 is 37.3. The van der Waals surface area contributed by atoms with Gasteiger partial charge in [0, 0.05) is 0 Å². The molecule has 0 bridgehead atoms. The van der Waals surface area contributed by atoms with Gasteiger partial charge in [-0.05, 0) is 18.6 Å². The lowest BCUT2D eigenvalue weighted by molar-refractivity contribution is -0.138. The van der Waals surface area contributed by atoms with E-state index in [4.69, 9.17) is 5.26 Å². The second-order valence-electron chi connectivity index (χ2n) is 2.94. The van der Waals surface area contributed by atoms with Crippen molar-refractivity contribution in [3.05, 3.63) is 35.4 Å². The summed E-state index contributed by atoms with van der Waals surface area (Å²) in [5, 5.41) is 8.56. The number of hydrogen-bond acceptors (Lipinski definition) is 1. The maximum Gasteiger partial charge on any atom is 0.416 e. The van der Waals surface area contributed by atoms with Crippen LogP contribution in [-0.4, -0.2) is 0 Å². The van der Waals surface area contributed by atoms with E-state index < -0.39 is 17.7 Å². The number of halogens is 3. The van der Waals surface area contributed by atoms with Crippen LogP contribution in [0.3, 0.4) is 0 Å². The molecule has 0 heterocycles. The van der Waals surface area contributed by atoms with E-state index in [-0.39, 0.29) is 5.56 Å². The Bertz CT molecular complexity index is 362. The zero-order chi connectivity index (χ0) is 10.8. The highest BCUT2D eigenvalue weighted by Gasteiger charge is 2.33. The Labute approximate surface area is 79.8 Å². The average molecular weight is 199 g/mol. The van der Waals surface area contributed by atoms with Gasteiger partial charge in [0.05, 0.1) is 17.6 Å². The Morgan fingerprint density at radius 3 is 2.36 bits per heavy atom. The third-order valence-corrected chi connectivity index (χ3v) is 1.93. The molecule has 0 spiro atoms. The van der Waals surface area contributed by atoms with Crippen LogP contribution >= 0.6 is 0 Å². The van der Waals surface area contributed by atoms with Crippen molar-refractivity contribution in [1.29, 1.82) is 5.26 Å². The number of rotatable bonds is 1. The van der Waals surface area contributed by atoms with Gasteiger partial charge in [0.1, 0.15) is 0 Å². The highest BCUT2D eigenvalue weighted by molar-refractivity contribution is 5.35. The average Bonchev–Trinajstić information content (AvgIpc) is 2.15. The van der Waals surface area contributed by atoms with E-state index in [9.17, 15) is 13.2 Å². The summed E-state index contributed by atoms with van der Waals surface area (Å²) in [6.45, 7) is 1.45. The molecule has 0 aliphatic rings. The minimum atomic E-state index is -4.39. The smallest absolute Gasteiger partial charge is 0.198 e. The van der Waals surface area contributed by atoms with Crippen molar-refractivity contribution >= 4 is 0 Å². The van der Waals surface area contributed by atoms with Crippen molar-refractivity contribution < 1.29 is 13.2 Å². The van der Waals surface area contributed by atoms with E-state index in [0.717, 1.165) is 6.07 Å². The zero-order valence-electron chi connectivity index (χ0n) is 7.47. The number of nitrogens with zero attached hydrogens (tertiary/aromatic N) is 1. The molecule has 0 aliphatic carbocycles. The predicted molar refractivity (Wildman–Crippen MR) is 45.5 cm³/mol. The first-order chi connectivity index (χ1) is 6.46. The van der Waals surface area contributed by atoms with Crippen LogP contribution in [0.5, 0.6) is 0 Å². The van der Waals surface area contributed by atoms with Gasteiger partial charge >= 0.3 is 6.18 Å². The van der Waals surface area contributed by atoms with Gasteiger partial charge in [-0.15, -0.1) is 0 Å². The summed E-state index contributed by atoms with van der Waals surface area (Å²) in [6.07, 6.45) is -4.39. The lowest BCUT2D eigenvalue weighted by Crippen LogP contribution is -2.10. The zero-order valence-corrected chi connectivity index (χ0v) is 7.47. The first-order valence-corrected chi connectivity index (χ1v) is 4.02. The molecular weight excluding hydrogens is 191 g/mol. The first kappa shape index (κ1) is 10.6. The molecule has 1 nitrogen and oxygen atoms in total. The normalized spacial score (nSPS) is 13.4. The first-order valence-electron chi connectivity index (χ1n) is 4.02. The Morgan fingerprint density at radius 1 is 1.29 bits per heavy atom. The lowest BCUT2D eigenvalue weighted by atomic mass is 9.97. The Balaban J connectivity index is 3.25. The molecule has 1 unspecified atom stereocenters. The fourth-order valence-electron chi connectivity index (χ4n) is 1.20. The number of benzene rings is 1. The minimum Gasteiger partial charge on any atom is -0.198 e. The molecule has 1 atom stereocenters. The monoisotopic (exact) mass is 199 g/mol. The molecule has 0 saturated carbocycles. The van der Waals surface area contributed by atoms with E-state index in [1.54, 1.807) is 6.07 Å². The lowest BCUT2D eigenvalue weighted by Gasteiger charge is -2.13. The number of hydrogen-bond donors (Lipinski definition) is 0. The fourth-order valence-corrected chi connectivity index (χ4v) is 1.20. The fraction of sp³-hybridized carbons (Fsp3) is 0.300. The Kier molecular flexibility index (Phi) is 2.80. The molecule has 1 aromatic carbocycles. The van der Waals surface area contributed by atoms with Crippen LogP contribution in [0.1, 0.15) is 24.0 Å². The molecule has 0 aliphatic heterocycles. The standard InChI is InChI=1S/C10H8F3N/c1-7(6-14)8-4-2-3-5-9(8)10(11,12)13/h2-5,7H,1H3. The van der Waals surface area contributed by atoms with Crippen LogP contribution in [0.4, 0.5) is 13.2 Å². The number of alkyl halides is 3. The van der Waals surface area contributed by atoms with Gasteiger partial charge in [0.15, 0.2) is 0 Å². The van der Waals surface area contributed by atoms with Crippen LogP contribution in [0.2, 0.25) is 0 Å². The van der Waals surface area contributed by atoms with Crippen LogP contribution in [0.15, 0.2) is 24.3 Å². The SMILES string of the molecule is CC(C#N)c1ccccc1C(F)(F)F. The summed E-state index contributed by atoms with van der Waals surface area (Å²) >= 11 is 0. The van der Waals surface area contributed by atoms with Gasteiger partial charge in [-0.1, -0.05) is 18.2 Å². The minimum absolute atomic E-state index is 0.0301. The maximum atomic E-state index is 12.4. The highest BCUT2D eigenvalue weighted by Crippen LogP contribution is 2.34. The largest absolute Gasteiger partial charge is 0.416 e. The molecule has 74 valence electrons. The molecule has 1 aromatic rings. The van der Waals surface area contributed by atoms with E-state index >= 15 is 0 Å². The van der Waals surface area contributed by atoms with Crippen molar-refractivity contribution in [3.8, 4) is 6.07 Å². The Hall–Kier alpha value is -1.50. The molecular formula is C10H8F3N. The van der Waals surface area contributed by atoms with Crippen molar-refractivity contribution in [2.75, 3.05) is 0 Å². The van der Waals surface area contributed by atoms with Gasteiger partial charge in [-0.2, -0.15) is 18.4 Å². The third kappa shape index (κ3) is 2.05. The number of nitriles is 1. The quantitative estimate of drug-likeness (QED) is 0.680. The summed E-state index contributed by atoms with van der Waals surface area (Å²) in [5.41, 5.74) is -0.698. The highest BCUT2D eigenvalue weighted by atomic mass is 19.4. The van der Waals surface area contributed by atoms with Gasteiger partial charge in [0.2, 0.25) is 0 Å². The van der Waals surface area contributed by atoms with E-state index in [1.165, 1.54) is 25.1 Å². The van der Waals surface area contributed by atoms with Crippen molar-refractivity contribution in [2.45, 2.75) is 19.0 Å². The van der Waals surface area contributed by atoms with E-state index in [2.05, 4.69) is 0 Å². The summed E-state index contributed by atoms with van der Waals surface area (Å²) in [4.78, 5) is 0. The molecule has 0 radical (unpaired) electrons. The molecule has 4 heteroatoms. The molecule has 0 fully saturated rings. The molecule has 1 rings (SSSR count). The predicted octanol–water partition coefficient (Wildman–Crippen LogP) is 3.33. The van der Waals surface area contributed by atoms with Gasteiger partial charge in [-0.25, -0.2) is 0 Å². The van der Waals surface area contributed by atoms with Gasteiger partial charge < -0.3 is 0 Å². The maximum absolute atomic E-state index is 12.4. The van der Waals surface area contributed by atoms with Crippen molar-refractivity contribution in [2.24, 2.45) is 0 Å². The van der Waals surface area contributed by atoms with E-state index in [0.29, 0.717) is 0 Å². The van der Waals surface area contributed by atoms with Crippen molar-refractivity contribution in [3.63, 3.8) is 0 Å². The topological polar surface area (TPSA) is 23.8 Å². The molecule has 0 aromatic heterocycles. The molecule has 0 amide bonds. The summed E-state index contributed by atoms with van der Waals surface area (Å²) in [6, 6.07) is 6.93. The Morgan fingerprint density at radius 2 is 1.86 bits per heavy atom. The molecule has 14 heavy (non-hydrogen) atoms.